The molecule has 0 atom stereocenters. The van der Waals surface area contributed by atoms with Crippen molar-refractivity contribution in [3.8, 4) is 5.75 Å². The number of hydrogen-bond donors (Lipinski definition) is 2. The minimum atomic E-state index is -0.791. The summed E-state index contributed by atoms with van der Waals surface area (Å²) in [7, 11) is 0. The van der Waals surface area contributed by atoms with E-state index in [9.17, 15) is 19.2 Å². The van der Waals surface area contributed by atoms with E-state index in [2.05, 4.69) is 5.32 Å². The van der Waals surface area contributed by atoms with Gasteiger partial charge in [0.05, 0.1) is 5.69 Å². The Hall–Kier alpha value is -3.94. The van der Waals surface area contributed by atoms with Crippen LogP contribution in [0.5, 0.6) is 5.75 Å². The molecule has 1 fully saturated rings. The number of nitrogens with two attached hydrogens (primary N) is 1. The summed E-state index contributed by atoms with van der Waals surface area (Å²) < 4.78 is 5.17. The Balaban J connectivity index is 1.91. The van der Waals surface area contributed by atoms with Gasteiger partial charge in [0.2, 0.25) is 0 Å². The second-order valence-corrected chi connectivity index (χ2v) is 6.50. The van der Waals surface area contributed by atoms with Crippen LogP contribution in [0.15, 0.2) is 48.0 Å². The zero-order chi connectivity index (χ0) is 21.1. The zero-order valence-electron chi connectivity index (χ0n) is 15.9. The number of nitrogens with zero attached hydrogens (tertiary/aromatic N) is 1. The van der Waals surface area contributed by atoms with E-state index in [0.29, 0.717) is 17.0 Å². The number of carbonyl (C=O) groups is 4. The number of imide groups is 2. The molecule has 148 valence electrons. The fourth-order valence-electron chi connectivity index (χ4n) is 2.84. The molecule has 0 bridgehead atoms. The summed E-state index contributed by atoms with van der Waals surface area (Å²) in [5, 5.41) is 2.20. The van der Waals surface area contributed by atoms with Crippen molar-refractivity contribution in [1.82, 2.24) is 5.32 Å². The predicted molar refractivity (Wildman–Crippen MR) is 106 cm³/mol. The number of benzene rings is 2. The van der Waals surface area contributed by atoms with Crippen LogP contribution < -0.4 is 20.7 Å². The fourth-order valence-corrected chi connectivity index (χ4v) is 2.84. The highest BCUT2D eigenvalue weighted by Crippen LogP contribution is 2.27. The number of rotatable bonds is 5. The Labute approximate surface area is 166 Å². The maximum atomic E-state index is 13.0. The number of ether oxygens (including phenoxy) is 1. The number of hydrogen-bond acceptors (Lipinski definition) is 5. The van der Waals surface area contributed by atoms with Gasteiger partial charge in [0.15, 0.2) is 6.61 Å². The summed E-state index contributed by atoms with van der Waals surface area (Å²) in [6, 6.07) is 10.9. The summed E-state index contributed by atoms with van der Waals surface area (Å²) in [6.45, 7) is 3.42. The first-order valence-corrected chi connectivity index (χ1v) is 8.77. The monoisotopic (exact) mass is 393 g/mol. The number of barbiturate groups is 1. The van der Waals surface area contributed by atoms with Gasteiger partial charge in [-0.3, -0.25) is 19.7 Å². The van der Waals surface area contributed by atoms with Crippen molar-refractivity contribution in [2.45, 2.75) is 13.8 Å². The molecule has 2 aromatic carbocycles. The van der Waals surface area contributed by atoms with E-state index in [1.54, 1.807) is 43.3 Å². The standard InChI is InChI=1S/C21H19N3O5/c1-12-4-3-5-17(13(12)2)24-20(27)16(19(26)23-21(24)28)10-14-6-8-15(9-7-14)29-11-18(22)25/h3-10H,11H2,1-2H3,(H2,22,25)(H,23,26,28)/b16-10+. The second-order valence-electron chi connectivity index (χ2n) is 6.50. The molecule has 1 aliphatic heterocycles. The van der Waals surface area contributed by atoms with Crippen LogP contribution in [0.1, 0.15) is 16.7 Å². The summed E-state index contributed by atoms with van der Waals surface area (Å²) in [5.74, 6) is -1.66. The first kappa shape index (κ1) is 19.8. The third kappa shape index (κ3) is 4.16. The van der Waals surface area contributed by atoms with Gasteiger partial charge in [0.1, 0.15) is 11.3 Å². The molecule has 2 aromatic rings. The van der Waals surface area contributed by atoms with Crippen molar-refractivity contribution in [2.24, 2.45) is 5.73 Å². The van der Waals surface area contributed by atoms with Gasteiger partial charge in [-0.05, 0) is 54.8 Å². The molecule has 0 aromatic heterocycles. The molecule has 0 aliphatic carbocycles. The topological polar surface area (TPSA) is 119 Å². The number of nitrogens with one attached hydrogen (secondary N) is 1. The molecule has 8 heteroatoms. The lowest BCUT2D eigenvalue weighted by atomic mass is 10.0. The average molecular weight is 393 g/mol. The third-order valence-corrected chi connectivity index (χ3v) is 4.49. The molecule has 1 aliphatic rings. The van der Waals surface area contributed by atoms with E-state index in [1.807, 2.05) is 13.0 Å². The minimum Gasteiger partial charge on any atom is -0.484 e. The molecule has 0 saturated carbocycles. The third-order valence-electron chi connectivity index (χ3n) is 4.49. The van der Waals surface area contributed by atoms with Crippen molar-refractivity contribution in [1.29, 1.82) is 0 Å². The van der Waals surface area contributed by atoms with Crippen LogP contribution in [0.25, 0.3) is 6.08 Å². The van der Waals surface area contributed by atoms with Gasteiger partial charge in [0, 0.05) is 0 Å². The lowest BCUT2D eigenvalue weighted by molar-refractivity contribution is -0.123. The average Bonchev–Trinajstić information content (AvgIpc) is 2.67. The molecule has 0 radical (unpaired) electrons. The highest BCUT2D eigenvalue weighted by Gasteiger charge is 2.37. The Kier molecular flexibility index (Phi) is 5.45. The van der Waals surface area contributed by atoms with Crippen LogP contribution in [0.2, 0.25) is 0 Å². The molecule has 0 spiro atoms. The molecule has 3 N–H and O–H groups in total. The van der Waals surface area contributed by atoms with Crippen molar-refractivity contribution in [3.05, 3.63) is 64.7 Å². The lowest BCUT2D eigenvalue weighted by Crippen LogP contribution is -2.54. The highest BCUT2D eigenvalue weighted by atomic mass is 16.5. The number of primary amides is 1. The summed E-state index contributed by atoms with van der Waals surface area (Å²) in [6.07, 6.45) is 1.39. The summed E-state index contributed by atoms with van der Waals surface area (Å²) >= 11 is 0. The molecule has 29 heavy (non-hydrogen) atoms. The van der Waals surface area contributed by atoms with Crippen molar-refractivity contribution < 1.29 is 23.9 Å². The lowest BCUT2D eigenvalue weighted by Gasteiger charge is -2.28. The summed E-state index contributed by atoms with van der Waals surface area (Å²) in [4.78, 5) is 49.3. The van der Waals surface area contributed by atoms with Crippen LogP contribution in [0.3, 0.4) is 0 Å². The van der Waals surface area contributed by atoms with Crippen LogP contribution in [0, 0.1) is 13.8 Å². The Morgan fingerprint density at radius 2 is 1.79 bits per heavy atom. The first-order chi connectivity index (χ1) is 13.8. The highest BCUT2D eigenvalue weighted by molar-refractivity contribution is 6.39. The van der Waals surface area contributed by atoms with Gasteiger partial charge in [-0.15, -0.1) is 0 Å². The number of anilines is 1. The normalized spacial score (nSPS) is 15.4. The van der Waals surface area contributed by atoms with Gasteiger partial charge in [-0.1, -0.05) is 24.3 Å². The molecule has 1 heterocycles. The Morgan fingerprint density at radius 1 is 1.10 bits per heavy atom. The summed E-state index contributed by atoms with van der Waals surface area (Å²) in [5.41, 5.74) is 7.50. The van der Waals surface area contributed by atoms with E-state index < -0.39 is 23.8 Å². The van der Waals surface area contributed by atoms with Gasteiger partial charge in [-0.25, -0.2) is 9.69 Å². The molecule has 5 amide bonds. The number of carbonyl (C=O) groups excluding carboxylic acids is 4. The molecular formula is C21H19N3O5. The van der Waals surface area contributed by atoms with Crippen LogP contribution in [0.4, 0.5) is 10.5 Å². The van der Waals surface area contributed by atoms with Crippen LogP contribution in [-0.4, -0.2) is 30.4 Å². The maximum Gasteiger partial charge on any atom is 0.335 e. The molecule has 3 rings (SSSR count). The maximum absolute atomic E-state index is 13.0. The van der Waals surface area contributed by atoms with Gasteiger partial charge < -0.3 is 10.5 Å². The van der Waals surface area contributed by atoms with Crippen molar-refractivity contribution in [2.75, 3.05) is 11.5 Å². The second kappa shape index (κ2) is 7.97. The Morgan fingerprint density at radius 3 is 2.45 bits per heavy atom. The van der Waals surface area contributed by atoms with Crippen molar-refractivity contribution >= 4 is 35.5 Å². The quantitative estimate of drug-likeness (QED) is 0.593. The van der Waals surface area contributed by atoms with E-state index >= 15 is 0 Å². The first-order valence-electron chi connectivity index (χ1n) is 8.77. The van der Waals surface area contributed by atoms with E-state index in [-0.39, 0.29) is 12.2 Å². The predicted octanol–water partition coefficient (Wildman–Crippen LogP) is 1.83. The fraction of sp³-hybridized carbons (Fsp3) is 0.143. The number of urea groups is 1. The minimum absolute atomic E-state index is 0.170. The van der Waals surface area contributed by atoms with Gasteiger partial charge >= 0.3 is 6.03 Å². The SMILES string of the molecule is Cc1cccc(N2C(=O)NC(=O)/C(=C\c3ccc(OCC(N)=O)cc3)C2=O)c1C. The Bertz CT molecular complexity index is 1040. The molecule has 8 nitrogen and oxygen atoms in total. The van der Waals surface area contributed by atoms with Crippen LogP contribution in [-0.2, 0) is 14.4 Å². The van der Waals surface area contributed by atoms with Gasteiger partial charge in [0.25, 0.3) is 17.7 Å². The zero-order valence-corrected chi connectivity index (χ0v) is 15.9. The van der Waals surface area contributed by atoms with E-state index in [4.69, 9.17) is 10.5 Å². The molecule has 0 unspecified atom stereocenters. The largest absolute Gasteiger partial charge is 0.484 e. The van der Waals surface area contributed by atoms with E-state index in [0.717, 1.165) is 16.0 Å². The smallest absolute Gasteiger partial charge is 0.335 e. The van der Waals surface area contributed by atoms with E-state index in [1.165, 1.54) is 6.08 Å². The number of aryl methyl sites for hydroxylation is 1. The van der Waals surface area contributed by atoms with Gasteiger partial charge in [-0.2, -0.15) is 0 Å². The van der Waals surface area contributed by atoms with Crippen molar-refractivity contribution in [3.63, 3.8) is 0 Å². The molecular weight excluding hydrogens is 374 g/mol. The number of amides is 5. The van der Waals surface area contributed by atoms with Crippen LogP contribution >= 0.6 is 0 Å². The molecule has 1 saturated heterocycles.